The quantitative estimate of drug-likeness (QED) is 0.352. The van der Waals surface area contributed by atoms with Crippen LogP contribution in [0.25, 0.3) is 0 Å². The summed E-state index contributed by atoms with van der Waals surface area (Å²) in [5, 5.41) is 4.19. The Bertz CT molecular complexity index is 1240. The van der Waals surface area contributed by atoms with E-state index in [1.165, 1.54) is 28.6 Å². The zero-order valence-electron chi connectivity index (χ0n) is 17.8. The Kier molecular flexibility index (Phi) is 6.99. The van der Waals surface area contributed by atoms with Crippen LogP contribution in [-0.2, 0) is 14.9 Å². The van der Waals surface area contributed by atoms with Crippen molar-refractivity contribution in [2.75, 3.05) is 13.1 Å². The van der Waals surface area contributed by atoms with Crippen LogP contribution < -0.4 is 0 Å². The van der Waals surface area contributed by atoms with E-state index in [1.54, 1.807) is 24.3 Å². The topological polar surface area (TPSA) is 59.0 Å². The van der Waals surface area contributed by atoms with E-state index in [1.807, 2.05) is 0 Å². The lowest BCUT2D eigenvalue weighted by Gasteiger charge is -2.27. The van der Waals surface area contributed by atoms with Gasteiger partial charge in [0.15, 0.2) is 17.7 Å². The smallest absolute Gasteiger partial charge is 0.243 e. The lowest BCUT2D eigenvalue weighted by Crippen LogP contribution is -2.38. The van der Waals surface area contributed by atoms with Gasteiger partial charge in [-0.3, -0.25) is 0 Å². The van der Waals surface area contributed by atoms with Crippen molar-refractivity contribution in [1.82, 2.24) is 4.31 Å². The van der Waals surface area contributed by atoms with E-state index in [4.69, 9.17) is 4.84 Å². The molecule has 3 aromatic carbocycles. The van der Waals surface area contributed by atoms with Gasteiger partial charge in [-0.05, 0) is 53.6 Å². The maximum Gasteiger partial charge on any atom is 0.243 e. The predicted octanol–water partition coefficient (Wildman–Crippen LogP) is 5.19. The summed E-state index contributed by atoms with van der Waals surface area (Å²) in [5.41, 5.74) is 1.82. The number of halogens is 4. The Labute approximate surface area is 194 Å². The summed E-state index contributed by atoms with van der Waals surface area (Å²) in [6.07, 6.45) is -0.192. The van der Waals surface area contributed by atoms with Gasteiger partial charge < -0.3 is 4.84 Å². The molecule has 0 unspecified atom stereocenters. The van der Waals surface area contributed by atoms with Crippen molar-refractivity contribution in [2.45, 2.75) is 23.8 Å². The van der Waals surface area contributed by atoms with E-state index in [2.05, 4.69) is 5.16 Å². The minimum atomic E-state index is -3.99. The van der Waals surface area contributed by atoms with Crippen LogP contribution in [0.5, 0.6) is 0 Å². The number of hydrogen-bond acceptors (Lipinski definition) is 4. The van der Waals surface area contributed by atoms with Crippen LogP contribution in [0.15, 0.2) is 76.8 Å². The van der Waals surface area contributed by atoms with Crippen molar-refractivity contribution in [2.24, 2.45) is 5.16 Å². The van der Waals surface area contributed by atoms with Crippen molar-refractivity contribution in [3.63, 3.8) is 0 Å². The maximum absolute atomic E-state index is 13.5. The van der Waals surface area contributed by atoms with E-state index < -0.39 is 39.4 Å². The molecule has 10 heteroatoms. The lowest BCUT2D eigenvalue weighted by molar-refractivity contribution is 0.0855. The molecule has 5 nitrogen and oxygen atoms in total. The monoisotopic (exact) mass is 492 g/mol. The standard InChI is InChI=1S/C24H20F4N2O3S/c25-18-5-1-16(2-6-18)24(17-3-7-19(26)8-4-17)33-29-20-11-13-30(14-12-20)34(31,32)21-9-10-22(27)23(28)15-21/h1-10,15,24H,11-14H2. The highest BCUT2D eigenvalue weighted by molar-refractivity contribution is 7.89. The molecule has 0 spiro atoms. The summed E-state index contributed by atoms with van der Waals surface area (Å²) in [6.45, 7) is 0.169. The highest BCUT2D eigenvalue weighted by atomic mass is 32.2. The molecule has 1 heterocycles. The van der Waals surface area contributed by atoms with E-state index in [0.717, 1.165) is 12.1 Å². The highest BCUT2D eigenvalue weighted by Gasteiger charge is 2.29. The molecule has 0 bridgehead atoms. The summed E-state index contributed by atoms with van der Waals surface area (Å²) in [4.78, 5) is 5.43. The summed E-state index contributed by atoms with van der Waals surface area (Å²) in [5.74, 6) is -3.19. The van der Waals surface area contributed by atoms with Gasteiger partial charge in [-0.1, -0.05) is 29.4 Å². The number of rotatable bonds is 6. The molecule has 1 aliphatic heterocycles. The Morgan fingerprint density at radius 2 is 1.29 bits per heavy atom. The Morgan fingerprint density at radius 1 is 0.765 bits per heavy atom. The third-order valence-corrected chi connectivity index (χ3v) is 7.36. The minimum Gasteiger partial charge on any atom is -0.383 e. The van der Waals surface area contributed by atoms with E-state index in [0.29, 0.717) is 22.9 Å². The fourth-order valence-corrected chi connectivity index (χ4v) is 5.03. The average molecular weight is 492 g/mol. The van der Waals surface area contributed by atoms with Crippen LogP contribution in [0.3, 0.4) is 0 Å². The molecule has 1 aliphatic rings. The molecule has 0 amide bonds. The average Bonchev–Trinajstić information content (AvgIpc) is 2.83. The molecular weight excluding hydrogens is 472 g/mol. The van der Waals surface area contributed by atoms with Gasteiger partial charge in [-0.2, -0.15) is 4.31 Å². The molecule has 1 fully saturated rings. The molecule has 0 radical (unpaired) electrons. The summed E-state index contributed by atoms with van der Waals surface area (Å²) < 4.78 is 80.1. The van der Waals surface area contributed by atoms with Gasteiger partial charge in [-0.25, -0.2) is 26.0 Å². The first-order chi connectivity index (χ1) is 16.2. The molecule has 0 atom stereocenters. The second-order valence-corrected chi connectivity index (χ2v) is 9.66. The molecule has 0 aromatic heterocycles. The van der Waals surface area contributed by atoms with Gasteiger partial charge in [0.1, 0.15) is 11.6 Å². The third-order valence-electron chi connectivity index (χ3n) is 5.46. The zero-order chi connectivity index (χ0) is 24.3. The molecule has 34 heavy (non-hydrogen) atoms. The molecule has 1 saturated heterocycles. The van der Waals surface area contributed by atoms with E-state index in [-0.39, 0.29) is 30.8 Å². The number of sulfonamides is 1. The van der Waals surface area contributed by atoms with Crippen molar-refractivity contribution in [3.8, 4) is 0 Å². The van der Waals surface area contributed by atoms with Gasteiger partial charge in [-0.15, -0.1) is 0 Å². The van der Waals surface area contributed by atoms with E-state index in [9.17, 15) is 26.0 Å². The van der Waals surface area contributed by atoms with Crippen LogP contribution in [0.1, 0.15) is 30.1 Å². The SMILES string of the molecule is O=S(=O)(c1ccc(F)c(F)c1)N1CCC(=NOC(c2ccc(F)cc2)c2ccc(F)cc2)CC1. The second-order valence-electron chi connectivity index (χ2n) is 7.73. The number of nitrogens with zero attached hydrogens (tertiary/aromatic N) is 2. The Hall–Kier alpha value is -3.24. The van der Waals surface area contributed by atoms with Crippen molar-refractivity contribution in [1.29, 1.82) is 0 Å². The first kappa shape index (κ1) is 23.9. The number of piperidine rings is 1. The molecule has 178 valence electrons. The Morgan fingerprint density at radius 3 is 1.79 bits per heavy atom. The fraction of sp³-hybridized carbons (Fsp3) is 0.208. The van der Waals surface area contributed by atoms with Crippen LogP contribution in [-0.4, -0.2) is 31.5 Å². The highest BCUT2D eigenvalue weighted by Crippen LogP contribution is 2.28. The van der Waals surface area contributed by atoms with Crippen LogP contribution >= 0.6 is 0 Å². The third kappa shape index (κ3) is 5.28. The van der Waals surface area contributed by atoms with Gasteiger partial charge in [0.2, 0.25) is 10.0 Å². The number of benzene rings is 3. The van der Waals surface area contributed by atoms with Crippen LogP contribution in [0, 0.1) is 23.3 Å². The Balaban J connectivity index is 1.48. The van der Waals surface area contributed by atoms with Crippen molar-refractivity contribution < 1.29 is 30.8 Å². The first-order valence-corrected chi connectivity index (χ1v) is 11.9. The minimum absolute atomic E-state index is 0.0846. The predicted molar refractivity (Wildman–Crippen MR) is 118 cm³/mol. The summed E-state index contributed by atoms with van der Waals surface area (Å²) in [6, 6.07) is 13.8. The molecule has 0 N–H and O–H groups in total. The second kappa shape index (κ2) is 9.94. The van der Waals surface area contributed by atoms with Gasteiger partial charge >= 0.3 is 0 Å². The number of hydrogen-bond donors (Lipinski definition) is 0. The lowest BCUT2D eigenvalue weighted by atomic mass is 10.0. The van der Waals surface area contributed by atoms with Crippen LogP contribution in [0.4, 0.5) is 17.6 Å². The molecule has 4 rings (SSSR count). The van der Waals surface area contributed by atoms with Gasteiger partial charge in [0.05, 0.1) is 10.6 Å². The largest absolute Gasteiger partial charge is 0.383 e. The molecule has 3 aromatic rings. The zero-order valence-corrected chi connectivity index (χ0v) is 18.6. The first-order valence-electron chi connectivity index (χ1n) is 10.4. The maximum atomic E-state index is 13.5. The molecular formula is C24H20F4N2O3S. The van der Waals surface area contributed by atoms with Crippen molar-refractivity contribution in [3.05, 3.63) is 101 Å². The molecule has 0 aliphatic carbocycles. The summed E-state index contributed by atoms with van der Waals surface area (Å²) in [7, 11) is -3.99. The molecule has 0 saturated carbocycles. The van der Waals surface area contributed by atoms with Crippen LogP contribution in [0.2, 0.25) is 0 Å². The van der Waals surface area contributed by atoms with Gasteiger partial charge in [0, 0.05) is 25.9 Å². The number of oxime groups is 1. The normalized spacial score (nSPS) is 14.9. The van der Waals surface area contributed by atoms with E-state index >= 15 is 0 Å². The van der Waals surface area contributed by atoms with Gasteiger partial charge in [0.25, 0.3) is 0 Å². The summed E-state index contributed by atoms with van der Waals surface area (Å²) >= 11 is 0. The fourth-order valence-electron chi connectivity index (χ4n) is 3.58. The van der Waals surface area contributed by atoms with Crippen molar-refractivity contribution >= 4 is 15.7 Å².